The van der Waals surface area contributed by atoms with Gasteiger partial charge < -0.3 is 11.1 Å². The van der Waals surface area contributed by atoms with Crippen molar-refractivity contribution in [2.24, 2.45) is 0 Å². The number of hydrogen-bond donors (Lipinski definition) is 2. The lowest BCUT2D eigenvalue weighted by atomic mass is 10.4. The van der Waals surface area contributed by atoms with Gasteiger partial charge in [0.1, 0.15) is 5.82 Å². The molecule has 0 unspecified atom stereocenters. The number of nitrogens with zero attached hydrogens (tertiary/aromatic N) is 1. The summed E-state index contributed by atoms with van der Waals surface area (Å²) in [6.07, 6.45) is 1.73. The minimum Gasteiger partial charge on any atom is -0.396 e. The highest BCUT2D eigenvalue weighted by Crippen LogP contribution is 2.18. The lowest BCUT2D eigenvalue weighted by Gasteiger charge is -2.05. The molecule has 0 saturated heterocycles. The van der Waals surface area contributed by atoms with Crippen LogP contribution in [0.4, 0.5) is 11.5 Å². The van der Waals surface area contributed by atoms with E-state index in [1.54, 1.807) is 17.5 Å². The predicted molar refractivity (Wildman–Crippen MR) is 65.0 cm³/mol. The Labute approximate surface area is 93.0 Å². The molecule has 2 rings (SSSR count). The lowest BCUT2D eigenvalue weighted by Crippen LogP contribution is -2.02. The number of nitrogen functional groups attached to an aromatic ring is 1. The van der Waals surface area contributed by atoms with Crippen molar-refractivity contribution in [3.63, 3.8) is 0 Å². The molecule has 0 amide bonds. The molecule has 0 radical (unpaired) electrons. The van der Waals surface area contributed by atoms with Crippen LogP contribution >= 0.6 is 11.3 Å². The zero-order valence-electron chi connectivity index (χ0n) is 8.53. The van der Waals surface area contributed by atoms with Crippen molar-refractivity contribution in [2.45, 2.75) is 13.5 Å². The Balaban J connectivity index is 2.02. The Morgan fingerprint density at radius 3 is 2.93 bits per heavy atom. The minimum atomic E-state index is 0.686. The molecule has 15 heavy (non-hydrogen) atoms. The first-order valence-electron chi connectivity index (χ1n) is 4.75. The van der Waals surface area contributed by atoms with Gasteiger partial charge in [0, 0.05) is 16.0 Å². The van der Waals surface area contributed by atoms with Gasteiger partial charge in [0.05, 0.1) is 12.2 Å². The van der Waals surface area contributed by atoms with Crippen LogP contribution in [0.2, 0.25) is 0 Å². The van der Waals surface area contributed by atoms with Crippen LogP contribution in [-0.2, 0) is 6.54 Å². The molecule has 0 saturated carbocycles. The van der Waals surface area contributed by atoms with E-state index in [2.05, 4.69) is 29.4 Å². The van der Waals surface area contributed by atoms with Crippen LogP contribution in [0.1, 0.15) is 9.75 Å². The molecule has 0 spiro atoms. The van der Waals surface area contributed by atoms with Crippen LogP contribution in [0.15, 0.2) is 30.5 Å². The number of pyridine rings is 1. The molecule has 78 valence electrons. The quantitative estimate of drug-likeness (QED) is 0.834. The number of anilines is 2. The summed E-state index contributed by atoms with van der Waals surface area (Å²) in [6.45, 7) is 2.88. The van der Waals surface area contributed by atoms with Crippen molar-refractivity contribution in [1.82, 2.24) is 4.98 Å². The molecule has 3 N–H and O–H groups in total. The van der Waals surface area contributed by atoms with E-state index in [9.17, 15) is 0 Å². The van der Waals surface area contributed by atoms with Crippen molar-refractivity contribution >= 4 is 22.8 Å². The second-order valence-corrected chi connectivity index (χ2v) is 4.68. The zero-order chi connectivity index (χ0) is 10.7. The largest absolute Gasteiger partial charge is 0.396 e. The summed E-state index contributed by atoms with van der Waals surface area (Å²) in [5.41, 5.74) is 6.45. The molecule has 0 bridgehead atoms. The fourth-order valence-corrected chi connectivity index (χ4v) is 2.15. The predicted octanol–water partition coefficient (Wildman–Crippen LogP) is 2.65. The third-order valence-corrected chi connectivity index (χ3v) is 3.07. The molecule has 2 aromatic rings. The highest BCUT2D eigenvalue weighted by molar-refractivity contribution is 7.11. The summed E-state index contributed by atoms with van der Waals surface area (Å²) in [6, 6.07) is 7.90. The Hall–Kier alpha value is -1.55. The lowest BCUT2D eigenvalue weighted by molar-refractivity contribution is 1.14. The molecule has 0 fully saturated rings. The molecule has 0 aliphatic heterocycles. The van der Waals surface area contributed by atoms with Gasteiger partial charge in [0.25, 0.3) is 0 Å². The highest BCUT2D eigenvalue weighted by atomic mass is 32.1. The van der Waals surface area contributed by atoms with Gasteiger partial charge in [-0.25, -0.2) is 4.98 Å². The van der Waals surface area contributed by atoms with E-state index in [0.717, 1.165) is 12.4 Å². The fourth-order valence-electron chi connectivity index (χ4n) is 1.32. The van der Waals surface area contributed by atoms with Gasteiger partial charge in [-0.05, 0) is 31.2 Å². The maximum Gasteiger partial charge on any atom is 0.149 e. The summed E-state index contributed by atoms with van der Waals surface area (Å²) in [5.74, 6) is 0.753. The summed E-state index contributed by atoms with van der Waals surface area (Å²) in [7, 11) is 0. The van der Waals surface area contributed by atoms with Crippen molar-refractivity contribution < 1.29 is 0 Å². The zero-order valence-corrected chi connectivity index (χ0v) is 9.34. The number of thiophene rings is 1. The number of aryl methyl sites for hydroxylation is 1. The van der Waals surface area contributed by atoms with Crippen LogP contribution < -0.4 is 11.1 Å². The smallest absolute Gasteiger partial charge is 0.149 e. The van der Waals surface area contributed by atoms with Crippen LogP contribution in [0.25, 0.3) is 0 Å². The van der Waals surface area contributed by atoms with Gasteiger partial charge in [-0.2, -0.15) is 0 Å². The summed E-state index contributed by atoms with van der Waals surface area (Å²) >= 11 is 1.78. The number of rotatable bonds is 3. The minimum absolute atomic E-state index is 0.686. The molecule has 0 aromatic carbocycles. The van der Waals surface area contributed by atoms with Crippen molar-refractivity contribution in [1.29, 1.82) is 0 Å². The van der Waals surface area contributed by atoms with E-state index < -0.39 is 0 Å². The average molecular weight is 219 g/mol. The first kappa shape index (κ1) is 9.98. The Morgan fingerprint density at radius 2 is 2.27 bits per heavy atom. The van der Waals surface area contributed by atoms with Crippen LogP contribution in [0.5, 0.6) is 0 Å². The standard InChI is InChI=1S/C11H13N3S/c1-8-4-5-9(15-8)7-14-11-10(12)3-2-6-13-11/h2-6H,7,12H2,1H3,(H,13,14). The highest BCUT2D eigenvalue weighted by Gasteiger charge is 2.00. The third-order valence-electron chi connectivity index (χ3n) is 2.07. The van der Waals surface area contributed by atoms with Crippen molar-refractivity contribution in [3.05, 3.63) is 40.2 Å². The maximum absolute atomic E-state index is 5.77. The Morgan fingerprint density at radius 1 is 1.40 bits per heavy atom. The van der Waals surface area contributed by atoms with Gasteiger partial charge in [0.2, 0.25) is 0 Å². The molecule has 0 atom stereocenters. The molecule has 3 nitrogen and oxygen atoms in total. The van der Waals surface area contributed by atoms with E-state index in [-0.39, 0.29) is 0 Å². The normalized spacial score (nSPS) is 10.2. The van der Waals surface area contributed by atoms with E-state index in [4.69, 9.17) is 5.73 Å². The molecule has 4 heteroatoms. The number of hydrogen-bond acceptors (Lipinski definition) is 4. The summed E-state index contributed by atoms with van der Waals surface area (Å²) in [4.78, 5) is 6.78. The maximum atomic E-state index is 5.77. The van der Waals surface area contributed by atoms with E-state index in [1.807, 2.05) is 12.1 Å². The van der Waals surface area contributed by atoms with Gasteiger partial charge in [-0.3, -0.25) is 0 Å². The Bertz CT molecular complexity index is 451. The van der Waals surface area contributed by atoms with E-state index in [1.165, 1.54) is 9.75 Å². The van der Waals surface area contributed by atoms with Gasteiger partial charge in [-0.1, -0.05) is 0 Å². The van der Waals surface area contributed by atoms with Crippen LogP contribution in [0.3, 0.4) is 0 Å². The molecular weight excluding hydrogens is 206 g/mol. The number of nitrogens with two attached hydrogens (primary N) is 1. The van der Waals surface area contributed by atoms with Crippen LogP contribution in [0, 0.1) is 6.92 Å². The average Bonchev–Trinajstić information content (AvgIpc) is 2.63. The Kier molecular flexibility index (Phi) is 2.87. The summed E-state index contributed by atoms with van der Waals surface area (Å²) in [5, 5.41) is 3.22. The monoisotopic (exact) mass is 219 g/mol. The van der Waals surface area contributed by atoms with Gasteiger partial charge in [-0.15, -0.1) is 11.3 Å². The third kappa shape index (κ3) is 2.47. The second kappa shape index (κ2) is 4.31. The van der Waals surface area contributed by atoms with Crippen molar-refractivity contribution in [3.8, 4) is 0 Å². The number of aromatic nitrogens is 1. The van der Waals surface area contributed by atoms with Crippen molar-refractivity contribution in [2.75, 3.05) is 11.1 Å². The number of nitrogens with one attached hydrogen (secondary N) is 1. The molecule has 0 aliphatic carbocycles. The summed E-state index contributed by atoms with van der Waals surface area (Å²) < 4.78 is 0. The molecule has 2 aromatic heterocycles. The molecular formula is C11H13N3S. The first-order chi connectivity index (χ1) is 7.25. The van der Waals surface area contributed by atoms with E-state index in [0.29, 0.717) is 5.69 Å². The molecule has 0 aliphatic rings. The van der Waals surface area contributed by atoms with Gasteiger partial charge >= 0.3 is 0 Å². The molecule has 2 heterocycles. The topological polar surface area (TPSA) is 50.9 Å². The SMILES string of the molecule is Cc1ccc(CNc2ncccc2N)s1. The van der Waals surface area contributed by atoms with Gasteiger partial charge in [0.15, 0.2) is 0 Å². The van der Waals surface area contributed by atoms with Crippen LogP contribution in [-0.4, -0.2) is 4.98 Å². The first-order valence-corrected chi connectivity index (χ1v) is 5.57. The second-order valence-electron chi connectivity index (χ2n) is 3.31. The van der Waals surface area contributed by atoms with E-state index >= 15 is 0 Å². The fraction of sp³-hybridized carbons (Fsp3) is 0.182.